The summed E-state index contributed by atoms with van der Waals surface area (Å²) in [6.07, 6.45) is 1.29. The topological polar surface area (TPSA) is 52.6 Å². The van der Waals surface area contributed by atoms with Crippen LogP contribution in [-0.4, -0.2) is 41.6 Å². The third-order valence-electron chi connectivity index (χ3n) is 3.81. The Balaban J connectivity index is 1.93. The van der Waals surface area contributed by atoms with Crippen LogP contribution in [0.3, 0.4) is 0 Å². The van der Waals surface area contributed by atoms with Crippen LogP contribution >= 0.6 is 0 Å². The lowest BCUT2D eigenvalue weighted by atomic mass is 10.0. The number of rotatable bonds is 4. The van der Waals surface area contributed by atoms with Crippen LogP contribution in [0.5, 0.6) is 0 Å². The molecule has 1 aliphatic heterocycles. The normalized spacial score (nSPS) is 23.0. The number of carbonyl (C=O) groups is 1. The van der Waals surface area contributed by atoms with E-state index in [4.69, 9.17) is 0 Å². The number of hydrogen-bond acceptors (Lipinski definition) is 3. The van der Waals surface area contributed by atoms with Crippen LogP contribution < -0.4 is 5.32 Å². The smallest absolute Gasteiger partial charge is 0.237 e. The van der Waals surface area contributed by atoms with Crippen LogP contribution in [-0.2, 0) is 4.79 Å². The van der Waals surface area contributed by atoms with Crippen molar-refractivity contribution in [3.8, 4) is 0 Å². The number of amides is 1. The molecule has 0 radical (unpaired) electrons. The van der Waals surface area contributed by atoms with Gasteiger partial charge in [-0.05, 0) is 38.9 Å². The van der Waals surface area contributed by atoms with Crippen molar-refractivity contribution >= 4 is 5.91 Å². The summed E-state index contributed by atoms with van der Waals surface area (Å²) in [5, 5.41) is 13.1. The zero-order chi connectivity index (χ0) is 13.8. The van der Waals surface area contributed by atoms with Crippen LogP contribution in [0.2, 0.25) is 0 Å². The second kappa shape index (κ2) is 6.17. The largest absolute Gasteiger partial charge is 0.386 e. The molecule has 4 nitrogen and oxygen atoms in total. The number of aliphatic hydroxyl groups is 1. The molecular weight excluding hydrogens is 240 g/mol. The lowest BCUT2D eigenvalue weighted by molar-refractivity contribution is -0.126. The predicted octanol–water partition coefficient (Wildman–Crippen LogP) is 1.32. The van der Waals surface area contributed by atoms with Gasteiger partial charge in [0.25, 0.3) is 0 Å². The molecule has 1 aromatic carbocycles. The van der Waals surface area contributed by atoms with Crippen molar-refractivity contribution in [1.82, 2.24) is 10.2 Å². The van der Waals surface area contributed by atoms with E-state index >= 15 is 0 Å². The van der Waals surface area contributed by atoms with E-state index in [0.29, 0.717) is 0 Å². The zero-order valence-corrected chi connectivity index (χ0v) is 11.5. The molecular formula is C15H22N2O2. The third kappa shape index (κ3) is 3.33. The minimum absolute atomic E-state index is 0.0162. The number of nitrogens with zero attached hydrogens (tertiary/aromatic N) is 1. The molecule has 104 valence electrons. The van der Waals surface area contributed by atoms with Gasteiger partial charge in [-0.3, -0.25) is 9.69 Å². The molecule has 3 atom stereocenters. The van der Waals surface area contributed by atoms with Gasteiger partial charge in [0, 0.05) is 0 Å². The van der Waals surface area contributed by atoms with E-state index in [0.717, 1.165) is 24.9 Å². The van der Waals surface area contributed by atoms with Crippen LogP contribution in [0.15, 0.2) is 30.3 Å². The lowest BCUT2D eigenvalue weighted by Gasteiger charge is -2.24. The first-order valence-corrected chi connectivity index (χ1v) is 6.83. The molecule has 0 spiro atoms. The average molecular weight is 262 g/mol. The summed E-state index contributed by atoms with van der Waals surface area (Å²) in [7, 11) is 1.97. The molecule has 2 N–H and O–H groups in total. The summed E-state index contributed by atoms with van der Waals surface area (Å²) in [6, 6.07) is 9.08. The maximum absolute atomic E-state index is 12.1. The number of likely N-dealkylation sites (N-methyl/N-ethyl adjacent to an activating group) is 1. The first-order chi connectivity index (χ1) is 9.09. The highest BCUT2D eigenvalue weighted by Crippen LogP contribution is 2.18. The van der Waals surface area contributed by atoms with Gasteiger partial charge in [-0.1, -0.05) is 30.3 Å². The molecule has 0 aliphatic carbocycles. The molecule has 1 heterocycles. The van der Waals surface area contributed by atoms with Crippen molar-refractivity contribution in [2.24, 2.45) is 0 Å². The van der Waals surface area contributed by atoms with Crippen LogP contribution in [0, 0.1) is 0 Å². The van der Waals surface area contributed by atoms with E-state index in [2.05, 4.69) is 10.2 Å². The highest BCUT2D eigenvalue weighted by atomic mass is 16.3. The summed E-state index contributed by atoms with van der Waals surface area (Å²) in [6.45, 7) is 2.80. The standard InChI is InChI=1S/C15H22N2O2/c1-11(14(18)12-7-4-3-5-8-12)16-15(19)13-9-6-10-17(13)2/h3-5,7-8,11,13-14,18H,6,9-10H2,1-2H3,(H,16,19)/t11-,13-,14+/m0/s1. The fraction of sp³-hybridized carbons (Fsp3) is 0.533. The Morgan fingerprint density at radius 3 is 2.68 bits per heavy atom. The van der Waals surface area contributed by atoms with Gasteiger partial charge in [-0.2, -0.15) is 0 Å². The second-order valence-corrected chi connectivity index (χ2v) is 5.29. The predicted molar refractivity (Wildman–Crippen MR) is 74.7 cm³/mol. The van der Waals surface area contributed by atoms with Gasteiger partial charge < -0.3 is 10.4 Å². The number of benzene rings is 1. The molecule has 1 aromatic rings. The number of hydrogen-bond donors (Lipinski definition) is 2. The molecule has 1 amide bonds. The molecule has 1 aliphatic rings. The monoisotopic (exact) mass is 262 g/mol. The first-order valence-electron chi connectivity index (χ1n) is 6.83. The number of likely N-dealkylation sites (tertiary alicyclic amines) is 1. The zero-order valence-electron chi connectivity index (χ0n) is 11.5. The third-order valence-corrected chi connectivity index (χ3v) is 3.81. The maximum atomic E-state index is 12.1. The number of nitrogens with one attached hydrogen (secondary N) is 1. The first kappa shape index (κ1) is 14.0. The van der Waals surface area contributed by atoms with E-state index in [1.807, 2.05) is 44.3 Å². The van der Waals surface area contributed by atoms with E-state index in [-0.39, 0.29) is 18.0 Å². The summed E-state index contributed by atoms with van der Waals surface area (Å²) < 4.78 is 0. The molecule has 0 saturated carbocycles. The minimum Gasteiger partial charge on any atom is -0.386 e. The highest BCUT2D eigenvalue weighted by molar-refractivity contribution is 5.82. The fourth-order valence-electron chi connectivity index (χ4n) is 2.58. The fourth-order valence-corrected chi connectivity index (χ4v) is 2.58. The Labute approximate surface area is 114 Å². The van der Waals surface area contributed by atoms with E-state index in [1.165, 1.54) is 0 Å². The van der Waals surface area contributed by atoms with E-state index in [9.17, 15) is 9.90 Å². The molecule has 1 saturated heterocycles. The minimum atomic E-state index is -0.670. The SMILES string of the molecule is C[C@H](NC(=O)[C@@H]1CCCN1C)[C@@H](O)c1ccccc1. The van der Waals surface area contributed by atoms with Crippen LogP contribution in [0.1, 0.15) is 31.4 Å². The van der Waals surface area contributed by atoms with Crippen LogP contribution in [0.25, 0.3) is 0 Å². The Kier molecular flexibility index (Phi) is 4.56. The molecule has 2 rings (SSSR count). The van der Waals surface area contributed by atoms with Crippen molar-refractivity contribution in [1.29, 1.82) is 0 Å². The van der Waals surface area contributed by atoms with Gasteiger partial charge in [0.2, 0.25) is 5.91 Å². The average Bonchev–Trinajstić information content (AvgIpc) is 2.85. The van der Waals surface area contributed by atoms with Crippen LogP contribution in [0.4, 0.5) is 0 Å². The van der Waals surface area contributed by atoms with Crippen molar-refractivity contribution in [2.75, 3.05) is 13.6 Å². The summed E-state index contributed by atoms with van der Waals surface area (Å²) in [5.74, 6) is 0.0162. The van der Waals surface area contributed by atoms with Crippen molar-refractivity contribution in [3.63, 3.8) is 0 Å². The molecule has 1 fully saturated rings. The van der Waals surface area contributed by atoms with Gasteiger partial charge in [0.15, 0.2) is 0 Å². The second-order valence-electron chi connectivity index (χ2n) is 5.29. The summed E-state index contributed by atoms with van der Waals surface area (Å²) >= 11 is 0. The molecule has 19 heavy (non-hydrogen) atoms. The van der Waals surface area contributed by atoms with Gasteiger partial charge in [-0.15, -0.1) is 0 Å². The van der Waals surface area contributed by atoms with Gasteiger partial charge in [0.1, 0.15) is 0 Å². The Hall–Kier alpha value is -1.39. The Morgan fingerprint density at radius 2 is 2.11 bits per heavy atom. The van der Waals surface area contributed by atoms with Gasteiger partial charge in [-0.25, -0.2) is 0 Å². The van der Waals surface area contributed by atoms with Gasteiger partial charge in [0.05, 0.1) is 18.2 Å². The highest BCUT2D eigenvalue weighted by Gasteiger charge is 2.29. The number of aliphatic hydroxyl groups excluding tert-OH is 1. The van der Waals surface area contributed by atoms with Gasteiger partial charge >= 0.3 is 0 Å². The number of carbonyl (C=O) groups excluding carboxylic acids is 1. The summed E-state index contributed by atoms with van der Waals surface area (Å²) in [4.78, 5) is 14.2. The van der Waals surface area contributed by atoms with E-state index in [1.54, 1.807) is 0 Å². The summed E-state index contributed by atoms with van der Waals surface area (Å²) in [5.41, 5.74) is 0.829. The van der Waals surface area contributed by atoms with Crippen molar-refractivity contribution in [2.45, 2.75) is 38.0 Å². The molecule has 4 heteroatoms. The Morgan fingerprint density at radius 1 is 1.42 bits per heavy atom. The molecule has 0 unspecified atom stereocenters. The van der Waals surface area contributed by atoms with Crippen molar-refractivity contribution in [3.05, 3.63) is 35.9 Å². The Bertz CT molecular complexity index is 421. The quantitative estimate of drug-likeness (QED) is 0.860. The maximum Gasteiger partial charge on any atom is 0.237 e. The molecule has 0 bridgehead atoms. The molecule has 0 aromatic heterocycles. The van der Waals surface area contributed by atoms with Crippen molar-refractivity contribution < 1.29 is 9.90 Å². The lowest BCUT2D eigenvalue weighted by Crippen LogP contribution is -2.46. The van der Waals surface area contributed by atoms with E-state index < -0.39 is 6.10 Å².